The molecule has 0 aliphatic carbocycles. The number of halogens is 1. The summed E-state index contributed by atoms with van der Waals surface area (Å²) in [5.41, 5.74) is 9.43. The van der Waals surface area contributed by atoms with Crippen LogP contribution in [0.25, 0.3) is 5.00 Å². The number of nitrogens with two attached hydrogens (primary N) is 1. The molecule has 3 N–H and O–H groups in total. The maximum atomic E-state index is 13.1. The predicted molar refractivity (Wildman–Crippen MR) is 176 cm³/mol. The minimum Gasteiger partial charge on any atom is -0.439 e. The second-order valence-corrected chi connectivity index (χ2v) is 12.2. The molecule has 0 unspecified atom stereocenters. The first-order valence-electron chi connectivity index (χ1n) is 14.8. The van der Waals surface area contributed by atoms with Crippen LogP contribution in [-0.2, 0) is 4.79 Å². The van der Waals surface area contributed by atoms with E-state index in [0.29, 0.717) is 22.4 Å². The number of nitrogens with one attached hydrogen (secondary N) is 1. The van der Waals surface area contributed by atoms with Crippen LogP contribution in [0.15, 0.2) is 45.8 Å². The Labute approximate surface area is 267 Å². The summed E-state index contributed by atoms with van der Waals surface area (Å²) in [6.45, 7) is 7.03. The van der Waals surface area contributed by atoms with E-state index in [1.54, 1.807) is 17.4 Å². The fourth-order valence-corrected chi connectivity index (χ4v) is 6.33. The normalized spacial score (nSPS) is 13.5. The van der Waals surface area contributed by atoms with E-state index in [-0.39, 0.29) is 18.9 Å². The van der Waals surface area contributed by atoms with E-state index in [1.807, 2.05) is 41.8 Å². The predicted octanol–water partition coefficient (Wildman–Crippen LogP) is 6.21. The van der Waals surface area contributed by atoms with Gasteiger partial charge >= 0.3 is 0 Å². The lowest BCUT2D eigenvalue weighted by atomic mass is 9.99. The van der Waals surface area contributed by atoms with Gasteiger partial charge in [-0.1, -0.05) is 48.4 Å². The molecule has 4 heterocycles. The van der Waals surface area contributed by atoms with Crippen LogP contribution in [-0.4, -0.2) is 39.5 Å². The Balaban J connectivity index is 1.27. The highest BCUT2D eigenvalue weighted by molar-refractivity contribution is 7.15. The lowest BCUT2D eigenvalue weighted by molar-refractivity contribution is -0.121. The van der Waals surface area contributed by atoms with Gasteiger partial charge in [-0.15, -0.1) is 21.5 Å². The van der Waals surface area contributed by atoms with Gasteiger partial charge in [0.25, 0.3) is 0 Å². The van der Waals surface area contributed by atoms with Gasteiger partial charge in [0.2, 0.25) is 5.91 Å². The van der Waals surface area contributed by atoms with Crippen molar-refractivity contribution in [2.75, 3.05) is 13.1 Å². The van der Waals surface area contributed by atoms with E-state index in [0.717, 1.165) is 71.9 Å². The van der Waals surface area contributed by atoms with E-state index in [2.05, 4.69) is 53.0 Å². The monoisotopic (exact) mass is 626 g/mol. The second-order valence-electron chi connectivity index (χ2n) is 10.6. The van der Waals surface area contributed by atoms with Crippen molar-refractivity contribution in [3.63, 3.8) is 0 Å². The summed E-state index contributed by atoms with van der Waals surface area (Å²) in [6.07, 6.45) is 5.32. The molecule has 1 aliphatic heterocycles. The van der Waals surface area contributed by atoms with Crippen molar-refractivity contribution >= 4 is 34.6 Å². The Morgan fingerprint density at radius 3 is 2.50 bits per heavy atom. The van der Waals surface area contributed by atoms with Gasteiger partial charge in [-0.2, -0.15) is 0 Å². The van der Waals surface area contributed by atoms with Crippen LogP contribution in [0.4, 0.5) is 0 Å². The number of aryl methyl sites for hydroxylation is 2. The molecular weight excluding hydrogens is 592 g/mol. The van der Waals surface area contributed by atoms with Gasteiger partial charge in [-0.05, 0) is 81.8 Å². The molecule has 1 amide bonds. The fourth-order valence-electron chi connectivity index (χ4n) is 4.99. The molecule has 44 heavy (non-hydrogen) atoms. The zero-order valence-electron chi connectivity index (χ0n) is 25.2. The molecule has 0 spiro atoms. The van der Waals surface area contributed by atoms with E-state index in [4.69, 9.17) is 26.7 Å². The average Bonchev–Trinajstić information content (AvgIpc) is 3.68. The number of amides is 1. The third-order valence-electron chi connectivity index (χ3n) is 7.39. The number of furan rings is 1. The van der Waals surface area contributed by atoms with Gasteiger partial charge in [0.1, 0.15) is 16.9 Å². The molecule has 1 aliphatic rings. The fraction of sp³-hybridized carbons (Fsp3) is 0.353. The number of benzene rings is 1. The molecule has 0 saturated carbocycles. The number of aromatic nitrogens is 3. The number of hydrogen-bond donors (Lipinski definition) is 2. The molecule has 5 rings (SSSR count). The summed E-state index contributed by atoms with van der Waals surface area (Å²) in [7, 11) is 0. The van der Waals surface area contributed by atoms with Crippen molar-refractivity contribution in [3.8, 4) is 28.7 Å². The number of thiophene rings is 1. The Morgan fingerprint density at radius 2 is 1.75 bits per heavy atom. The Kier molecular flexibility index (Phi) is 10.3. The second kappa shape index (κ2) is 14.5. The molecule has 8 nitrogen and oxygen atoms in total. The summed E-state index contributed by atoms with van der Waals surface area (Å²) in [4.78, 5) is 19.5. The molecule has 10 heteroatoms. The molecule has 226 valence electrons. The van der Waals surface area contributed by atoms with Crippen LogP contribution in [0, 0.1) is 44.5 Å². The maximum absolute atomic E-state index is 13.1. The Bertz CT molecular complexity index is 1790. The molecule has 0 saturated heterocycles. The molecule has 0 bridgehead atoms. The summed E-state index contributed by atoms with van der Waals surface area (Å²) in [5.74, 6) is 14.4. The molecule has 0 fully saturated rings. The van der Waals surface area contributed by atoms with Crippen molar-refractivity contribution in [1.29, 1.82) is 0 Å². The number of nitrogens with zero attached hydrogens (tertiary/aromatic N) is 4. The topological polar surface area (TPSA) is 111 Å². The number of carbonyl (C=O) groups excluding carboxylic acids is 1. The minimum atomic E-state index is -0.541. The molecule has 1 aromatic carbocycles. The maximum Gasteiger partial charge on any atom is 0.223 e. The van der Waals surface area contributed by atoms with E-state index in [1.165, 1.54) is 4.88 Å². The van der Waals surface area contributed by atoms with Gasteiger partial charge < -0.3 is 15.5 Å². The minimum absolute atomic E-state index is 0.0938. The summed E-state index contributed by atoms with van der Waals surface area (Å²) < 4.78 is 7.73. The molecular formula is C34H35ClN6O2S. The van der Waals surface area contributed by atoms with E-state index < -0.39 is 6.04 Å². The largest absolute Gasteiger partial charge is 0.439 e. The van der Waals surface area contributed by atoms with Crippen LogP contribution in [0.3, 0.4) is 0 Å². The third kappa shape index (κ3) is 7.31. The zero-order chi connectivity index (χ0) is 31.1. The highest BCUT2D eigenvalue weighted by Crippen LogP contribution is 2.39. The lowest BCUT2D eigenvalue weighted by Crippen LogP contribution is -2.25. The number of aliphatic imine (C=N–C) groups is 1. The number of rotatable bonds is 9. The quantitative estimate of drug-likeness (QED) is 0.169. The van der Waals surface area contributed by atoms with Gasteiger partial charge in [0.15, 0.2) is 17.3 Å². The van der Waals surface area contributed by atoms with Crippen LogP contribution in [0.1, 0.15) is 89.3 Å². The lowest BCUT2D eigenvalue weighted by Gasteiger charge is -2.12. The van der Waals surface area contributed by atoms with E-state index >= 15 is 0 Å². The van der Waals surface area contributed by atoms with Crippen LogP contribution in [0.5, 0.6) is 0 Å². The first-order valence-corrected chi connectivity index (χ1v) is 16.0. The first kappa shape index (κ1) is 31.3. The zero-order valence-corrected chi connectivity index (χ0v) is 26.7. The van der Waals surface area contributed by atoms with Crippen LogP contribution >= 0.6 is 22.9 Å². The van der Waals surface area contributed by atoms with Crippen molar-refractivity contribution in [3.05, 3.63) is 86.2 Å². The Hall–Kier alpha value is -4.15. The highest BCUT2D eigenvalue weighted by Gasteiger charge is 2.32. The van der Waals surface area contributed by atoms with Crippen LogP contribution < -0.4 is 11.1 Å². The average molecular weight is 627 g/mol. The van der Waals surface area contributed by atoms with Crippen molar-refractivity contribution in [1.82, 2.24) is 20.1 Å². The molecule has 3 aromatic heterocycles. The van der Waals surface area contributed by atoms with Gasteiger partial charge in [-0.3, -0.25) is 14.4 Å². The van der Waals surface area contributed by atoms with Gasteiger partial charge in [0, 0.05) is 27.4 Å². The number of unbranched alkanes of at least 4 members (excludes halogenated alkanes) is 4. The van der Waals surface area contributed by atoms with E-state index in [9.17, 15) is 4.79 Å². The molecule has 0 radical (unpaired) electrons. The molecule has 1 atom stereocenters. The first-order chi connectivity index (χ1) is 21.4. The highest BCUT2D eigenvalue weighted by atomic mass is 35.5. The molecule has 4 aromatic rings. The standard InChI is InChI=1S/C34H35ClN6O2S/c1-22-23(2)44-34-31(22)32(25-13-15-26(35)16-14-25)38-29(33-40-39-24(3)41(33)34)21-30(42)37-20-10-12-28-18-17-27(43-28)11-8-6-4-5-7-9-19-36/h13-18,29H,4-7,9,19-21,36H2,1-3H3,(H,37,42)/t29-/m0/s1. The number of hydrogen-bond acceptors (Lipinski definition) is 7. The number of fused-ring (bicyclic) bond motifs is 3. The summed E-state index contributed by atoms with van der Waals surface area (Å²) in [6, 6.07) is 10.7. The third-order valence-corrected chi connectivity index (χ3v) is 8.84. The summed E-state index contributed by atoms with van der Waals surface area (Å²) >= 11 is 7.87. The Morgan fingerprint density at radius 1 is 1.02 bits per heavy atom. The van der Waals surface area contributed by atoms with Gasteiger partial charge in [0.05, 0.1) is 18.7 Å². The van der Waals surface area contributed by atoms with Crippen LogP contribution in [0.2, 0.25) is 5.02 Å². The smallest absolute Gasteiger partial charge is 0.223 e. The van der Waals surface area contributed by atoms with Crippen molar-refractivity contribution in [2.24, 2.45) is 10.7 Å². The number of carbonyl (C=O) groups is 1. The van der Waals surface area contributed by atoms with Crippen molar-refractivity contribution in [2.45, 2.75) is 65.3 Å². The van der Waals surface area contributed by atoms with Crippen molar-refractivity contribution < 1.29 is 9.21 Å². The van der Waals surface area contributed by atoms with Gasteiger partial charge in [-0.25, -0.2) is 0 Å². The summed E-state index contributed by atoms with van der Waals surface area (Å²) in [5, 5.41) is 13.4. The SMILES string of the molecule is Cc1sc2c(c1C)C(c1ccc(Cl)cc1)=N[C@@H](CC(=O)NCC#Cc1ccc(C#CCCCCCCN)o1)c1nnc(C)n1-2.